The lowest BCUT2D eigenvalue weighted by Gasteiger charge is -2.22. The van der Waals surface area contributed by atoms with Gasteiger partial charge in [-0.25, -0.2) is 0 Å². The summed E-state index contributed by atoms with van der Waals surface area (Å²) in [5.41, 5.74) is 0.205. The highest BCUT2D eigenvalue weighted by Gasteiger charge is 2.44. The second-order valence-electron chi connectivity index (χ2n) is 16.6. The van der Waals surface area contributed by atoms with Crippen molar-refractivity contribution in [3.05, 3.63) is 0 Å². The molecule has 0 aromatic rings. The molecule has 1 aliphatic rings. The third-order valence-electron chi connectivity index (χ3n) is 11.5. The summed E-state index contributed by atoms with van der Waals surface area (Å²) in [6.07, 6.45) is 40.0. The maximum Gasteiger partial charge on any atom is 0.306 e. The Morgan fingerprint density at radius 2 is 1.02 bits per heavy atom. The van der Waals surface area contributed by atoms with Gasteiger partial charge in [-0.1, -0.05) is 156 Å². The van der Waals surface area contributed by atoms with Crippen LogP contribution in [0, 0.1) is 5.41 Å². The van der Waals surface area contributed by atoms with Gasteiger partial charge in [-0.2, -0.15) is 0 Å². The van der Waals surface area contributed by atoms with E-state index in [1.807, 2.05) is 0 Å². The van der Waals surface area contributed by atoms with Gasteiger partial charge in [-0.05, 0) is 89.1 Å². The molecular formula is C46H89NO5. The van der Waals surface area contributed by atoms with E-state index in [4.69, 9.17) is 9.47 Å². The third-order valence-corrected chi connectivity index (χ3v) is 11.5. The van der Waals surface area contributed by atoms with Gasteiger partial charge in [0.15, 0.2) is 0 Å². The maximum atomic E-state index is 13.1. The fourth-order valence-corrected chi connectivity index (χ4v) is 7.73. The van der Waals surface area contributed by atoms with Crippen LogP contribution in [0.4, 0.5) is 0 Å². The van der Waals surface area contributed by atoms with E-state index in [-0.39, 0.29) is 30.1 Å². The molecule has 1 aliphatic carbocycles. The van der Waals surface area contributed by atoms with Crippen LogP contribution >= 0.6 is 0 Å². The van der Waals surface area contributed by atoms with Gasteiger partial charge in [0.25, 0.3) is 0 Å². The minimum atomic E-state index is -0.0288. The van der Waals surface area contributed by atoms with Crippen molar-refractivity contribution in [2.75, 3.05) is 32.8 Å². The van der Waals surface area contributed by atoms with Gasteiger partial charge in [0, 0.05) is 13.0 Å². The Morgan fingerprint density at radius 3 is 1.54 bits per heavy atom. The SMILES string of the molecule is CCCCCCCCCOC(=O)CCCCCCCN(CCO)CCCCCC1(CC(=O)OC(CCCCCCCC)CCCCCCCC)CC1. The molecule has 0 atom stereocenters. The quantitative estimate of drug-likeness (QED) is 0.0498. The number of ether oxygens (including phenoxy) is 2. The summed E-state index contributed by atoms with van der Waals surface area (Å²) in [5, 5.41) is 9.61. The molecule has 1 saturated carbocycles. The molecule has 0 bridgehead atoms. The summed E-state index contributed by atoms with van der Waals surface area (Å²) in [7, 11) is 0. The highest BCUT2D eigenvalue weighted by Crippen LogP contribution is 2.53. The molecule has 0 amide bonds. The van der Waals surface area contributed by atoms with Crippen LogP contribution in [-0.4, -0.2) is 60.9 Å². The van der Waals surface area contributed by atoms with Crippen LogP contribution in [0.5, 0.6) is 0 Å². The number of unbranched alkanes of at least 4 members (excludes halogenated alkanes) is 22. The van der Waals surface area contributed by atoms with E-state index < -0.39 is 0 Å². The number of carbonyl (C=O) groups is 2. The van der Waals surface area contributed by atoms with Gasteiger partial charge >= 0.3 is 11.9 Å². The second-order valence-corrected chi connectivity index (χ2v) is 16.6. The lowest BCUT2D eigenvalue weighted by atomic mass is 9.94. The minimum Gasteiger partial charge on any atom is -0.466 e. The van der Waals surface area contributed by atoms with Gasteiger partial charge in [-0.3, -0.25) is 9.59 Å². The molecule has 6 nitrogen and oxygen atoms in total. The minimum absolute atomic E-state index is 0.0288. The number of carbonyl (C=O) groups excluding carboxylic acids is 2. The molecule has 0 radical (unpaired) electrons. The molecule has 1 rings (SSSR count). The number of nitrogens with zero attached hydrogens (tertiary/aromatic N) is 1. The van der Waals surface area contributed by atoms with Gasteiger partial charge in [0.2, 0.25) is 0 Å². The van der Waals surface area contributed by atoms with E-state index in [0.717, 1.165) is 77.4 Å². The van der Waals surface area contributed by atoms with E-state index >= 15 is 0 Å². The maximum absolute atomic E-state index is 13.1. The Hall–Kier alpha value is -1.14. The molecule has 0 heterocycles. The molecule has 52 heavy (non-hydrogen) atoms. The molecule has 0 aromatic carbocycles. The first-order valence-electron chi connectivity index (χ1n) is 23.2. The molecule has 0 unspecified atom stereocenters. The molecule has 0 aromatic heterocycles. The number of hydrogen-bond acceptors (Lipinski definition) is 6. The average molecular weight is 736 g/mol. The topological polar surface area (TPSA) is 76.1 Å². The molecule has 0 aliphatic heterocycles. The molecule has 1 fully saturated rings. The predicted octanol–water partition coefficient (Wildman–Crippen LogP) is 13.1. The zero-order valence-corrected chi connectivity index (χ0v) is 35.2. The summed E-state index contributed by atoms with van der Waals surface area (Å²) < 4.78 is 11.6. The smallest absolute Gasteiger partial charge is 0.306 e. The lowest BCUT2D eigenvalue weighted by molar-refractivity contribution is -0.151. The van der Waals surface area contributed by atoms with Crippen LogP contribution < -0.4 is 0 Å². The zero-order chi connectivity index (χ0) is 37.8. The molecule has 308 valence electrons. The van der Waals surface area contributed by atoms with Gasteiger partial charge < -0.3 is 19.5 Å². The van der Waals surface area contributed by atoms with E-state index in [2.05, 4.69) is 25.7 Å². The first-order valence-corrected chi connectivity index (χ1v) is 23.2. The highest BCUT2D eigenvalue weighted by molar-refractivity contribution is 5.71. The van der Waals surface area contributed by atoms with Crippen molar-refractivity contribution in [2.24, 2.45) is 5.41 Å². The number of aliphatic hydroxyl groups is 1. The van der Waals surface area contributed by atoms with Crippen LogP contribution in [0.25, 0.3) is 0 Å². The monoisotopic (exact) mass is 736 g/mol. The second kappa shape index (κ2) is 35.6. The number of rotatable bonds is 41. The number of esters is 2. The van der Waals surface area contributed by atoms with Crippen LogP contribution in [0.15, 0.2) is 0 Å². The van der Waals surface area contributed by atoms with Crippen molar-refractivity contribution >= 4 is 11.9 Å². The van der Waals surface area contributed by atoms with Crippen LogP contribution in [0.3, 0.4) is 0 Å². The van der Waals surface area contributed by atoms with E-state index in [1.165, 1.54) is 148 Å². The molecule has 6 heteroatoms. The van der Waals surface area contributed by atoms with Crippen molar-refractivity contribution in [2.45, 2.75) is 245 Å². The molecule has 0 spiro atoms. The molecule has 0 saturated heterocycles. The van der Waals surface area contributed by atoms with Crippen LogP contribution in [0.2, 0.25) is 0 Å². The van der Waals surface area contributed by atoms with Gasteiger partial charge in [-0.15, -0.1) is 0 Å². The Morgan fingerprint density at radius 1 is 0.558 bits per heavy atom. The van der Waals surface area contributed by atoms with Crippen molar-refractivity contribution in [3.8, 4) is 0 Å². The highest BCUT2D eigenvalue weighted by atomic mass is 16.5. The van der Waals surface area contributed by atoms with Crippen molar-refractivity contribution in [1.29, 1.82) is 0 Å². The summed E-state index contributed by atoms with van der Waals surface area (Å²) in [4.78, 5) is 27.6. The van der Waals surface area contributed by atoms with Crippen molar-refractivity contribution in [1.82, 2.24) is 4.90 Å². The van der Waals surface area contributed by atoms with Crippen molar-refractivity contribution in [3.63, 3.8) is 0 Å². The Bertz CT molecular complexity index is 784. The summed E-state index contributed by atoms with van der Waals surface area (Å²) in [6.45, 7) is 10.4. The summed E-state index contributed by atoms with van der Waals surface area (Å²) >= 11 is 0. The summed E-state index contributed by atoms with van der Waals surface area (Å²) in [5.74, 6) is 0.0335. The Kier molecular flexibility index (Phi) is 33.4. The average Bonchev–Trinajstić information content (AvgIpc) is 3.90. The largest absolute Gasteiger partial charge is 0.466 e. The van der Waals surface area contributed by atoms with Crippen LogP contribution in [-0.2, 0) is 19.1 Å². The first-order chi connectivity index (χ1) is 25.5. The lowest BCUT2D eigenvalue weighted by Crippen LogP contribution is -2.29. The van der Waals surface area contributed by atoms with Gasteiger partial charge in [0.05, 0.1) is 19.6 Å². The van der Waals surface area contributed by atoms with Gasteiger partial charge in [0.1, 0.15) is 6.10 Å². The fraction of sp³-hybridized carbons (Fsp3) is 0.957. The third kappa shape index (κ3) is 30.2. The predicted molar refractivity (Wildman–Crippen MR) is 221 cm³/mol. The van der Waals surface area contributed by atoms with E-state index in [0.29, 0.717) is 19.4 Å². The zero-order valence-electron chi connectivity index (χ0n) is 35.2. The number of hydrogen-bond donors (Lipinski definition) is 1. The first kappa shape index (κ1) is 48.9. The Labute approximate surface area is 323 Å². The Balaban J connectivity index is 2.18. The van der Waals surface area contributed by atoms with Crippen molar-refractivity contribution < 1.29 is 24.2 Å². The van der Waals surface area contributed by atoms with E-state index in [1.54, 1.807) is 0 Å². The standard InChI is InChI=1S/C46H89NO5/c1-4-7-10-13-16-22-30-41-51-44(49)33-26-20-17-21-28-37-47(39-40-48)38-29-23-27-34-46(35-36-46)42-45(50)52-43(31-24-18-14-11-8-5-2)32-25-19-15-12-9-6-3/h43,48H,4-42H2,1-3H3. The van der Waals surface area contributed by atoms with Crippen LogP contribution in [0.1, 0.15) is 239 Å². The molecular weight excluding hydrogens is 647 g/mol. The molecule has 1 N–H and O–H groups in total. The van der Waals surface area contributed by atoms with E-state index in [9.17, 15) is 14.7 Å². The summed E-state index contributed by atoms with van der Waals surface area (Å²) in [6, 6.07) is 0. The normalized spacial score (nSPS) is 13.7. The number of aliphatic hydroxyl groups excluding tert-OH is 1. The fourth-order valence-electron chi connectivity index (χ4n) is 7.73.